The van der Waals surface area contributed by atoms with Crippen LogP contribution in [-0.4, -0.2) is 26.8 Å². The van der Waals surface area contributed by atoms with Gasteiger partial charge in [-0.25, -0.2) is 9.48 Å². The highest BCUT2D eigenvalue weighted by Crippen LogP contribution is 2.27. The summed E-state index contributed by atoms with van der Waals surface area (Å²) in [7, 11) is 0. The zero-order valence-corrected chi connectivity index (χ0v) is 13.2. The van der Waals surface area contributed by atoms with Crippen LogP contribution in [0, 0.1) is 0 Å². The van der Waals surface area contributed by atoms with Gasteiger partial charge in [-0.05, 0) is 12.1 Å². The van der Waals surface area contributed by atoms with Gasteiger partial charge in [0, 0.05) is 17.7 Å². The molecule has 0 unspecified atom stereocenters. The van der Waals surface area contributed by atoms with E-state index in [1.165, 1.54) is 0 Å². The highest BCUT2D eigenvalue weighted by atomic mass is 16.4. The second-order valence-corrected chi connectivity index (χ2v) is 5.20. The fraction of sp³-hybridized carbons (Fsp3) is 0. The van der Waals surface area contributed by atoms with Gasteiger partial charge in [-0.2, -0.15) is 5.10 Å². The van der Waals surface area contributed by atoms with Crippen LogP contribution in [0.15, 0.2) is 79.0 Å². The lowest BCUT2D eigenvalue weighted by molar-refractivity contribution is -0.131. The number of rotatable bonds is 5. The van der Waals surface area contributed by atoms with E-state index in [2.05, 4.69) is 10.4 Å². The normalized spacial score (nSPS) is 10.7. The van der Waals surface area contributed by atoms with Crippen molar-refractivity contribution < 1.29 is 14.7 Å². The fourth-order valence-corrected chi connectivity index (χ4v) is 2.31. The predicted molar refractivity (Wildman–Crippen MR) is 94.4 cm³/mol. The molecule has 0 bridgehead atoms. The molecular formula is C19H15N3O3. The number of hydrogen-bond donors (Lipinski definition) is 2. The molecule has 0 aliphatic carbocycles. The molecule has 1 amide bonds. The van der Waals surface area contributed by atoms with Crippen molar-refractivity contribution in [1.82, 2.24) is 9.78 Å². The zero-order valence-electron chi connectivity index (χ0n) is 13.2. The maximum atomic E-state index is 11.9. The van der Waals surface area contributed by atoms with Crippen molar-refractivity contribution in [1.29, 1.82) is 0 Å². The van der Waals surface area contributed by atoms with E-state index < -0.39 is 11.9 Å². The van der Waals surface area contributed by atoms with Crippen LogP contribution in [0.5, 0.6) is 0 Å². The van der Waals surface area contributed by atoms with Crippen LogP contribution in [0.1, 0.15) is 0 Å². The molecule has 0 fully saturated rings. The third-order valence-electron chi connectivity index (χ3n) is 3.42. The number of anilines is 1. The number of amides is 1. The molecule has 6 nitrogen and oxygen atoms in total. The van der Waals surface area contributed by atoms with E-state index in [1.54, 1.807) is 10.9 Å². The van der Waals surface area contributed by atoms with Gasteiger partial charge in [0.05, 0.1) is 17.6 Å². The third kappa shape index (κ3) is 4.00. The van der Waals surface area contributed by atoms with Gasteiger partial charge in [-0.3, -0.25) is 4.79 Å². The van der Waals surface area contributed by atoms with E-state index in [4.69, 9.17) is 5.11 Å². The second kappa shape index (κ2) is 7.27. The van der Waals surface area contributed by atoms with Crippen molar-refractivity contribution in [2.75, 3.05) is 5.32 Å². The number of nitrogens with one attached hydrogen (secondary N) is 1. The largest absolute Gasteiger partial charge is 0.478 e. The summed E-state index contributed by atoms with van der Waals surface area (Å²) in [5.74, 6) is -1.72. The molecule has 0 aliphatic rings. The Morgan fingerprint density at radius 3 is 2.24 bits per heavy atom. The molecule has 1 heterocycles. The van der Waals surface area contributed by atoms with E-state index >= 15 is 0 Å². The first-order chi connectivity index (χ1) is 12.1. The van der Waals surface area contributed by atoms with Crippen molar-refractivity contribution in [2.45, 2.75) is 0 Å². The summed E-state index contributed by atoms with van der Waals surface area (Å²) < 4.78 is 1.67. The number of aliphatic carboxylic acids is 1. The minimum absolute atomic E-state index is 0.495. The number of aromatic nitrogens is 2. The second-order valence-electron chi connectivity index (χ2n) is 5.20. The summed E-state index contributed by atoms with van der Waals surface area (Å²) in [6, 6.07) is 18.9. The van der Waals surface area contributed by atoms with Crippen molar-refractivity contribution in [2.24, 2.45) is 0 Å². The highest BCUT2D eigenvalue weighted by molar-refractivity contribution is 6.04. The Kier molecular flexibility index (Phi) is 4.71. The molecule has 6 heteroatoms. The summed E-state index contributed by atoms with van der Waals surface area (Å²) in [5, 5.41) is 15.9. The van der Waals surface area contributed by atoms with Crippen LogP contribution in [0.25, 0.3) is 16.9 Å². The van der Waals surface area contributed by atoms with E-state index in [0.717, 1.165) is 23.4 Å². The van der Waals surface area contributed by atoms with E-state index in [-0.39, 0.29) is 0 Å². The fourth-order valence-electron chi connectivity index (χ4n) is 2.31. The monoisotopic (exact) mass is 333 g/mol. The lowest BCUT2D eigenvalue weighted by Crippen LogP contribution is -2.08. The average Bonchev–Trinajstić information content (AvgIpc) is 3.05. The number of carboxylic acids is 1. The molecule has 0 radical (unpaired) electrons. The van der Waals surface area contributed by atoms with Crippen LogP contribution in [0.4, 0.5) is 5.69 Å². The van der Waals surface area contributed by atoms with Gasteiger partial charge in [0.2, 0.25) is 5.91 Å². The Morgan fingerprint density at radius 2 is 1.60 bits per heavy atom. The molecule has 0 saturated heterocycles. The maximum Gasteiger partial charge on any atom is 0.328 e. The van der Waals surface area contributed by atoms with Gasteiger partial charge >= 0.3 is 5.97 Å². The molecule has 25 heavy (non-hydrogen) atoms. The standard InChI is InChI=1S/C19H15N3O3/c23-17(11-12-18(24)25)20-16-13-22(15-9-5-2-6-10-15)21-19(16)14-7-3-1-4-8-14/h1-13H,(H,20,23)(H,24,25). The number of hydrogen-bond acceptors (Lipinski definition) is 3. The first kappa shape index (κ1) is 16.2. The number of carbonyl (C=O) groups excluding carboxylic acids is 1. The Hall–Kier alpha value is -3.67. The summed E-state index contributed by atoms with van der Waals surface area (Å²) in [5.41, 5.74) is 2.78. The van der Waals surface area contributed by atoms with E-state index in [0.29, 0.717) is 11.4 Å². The molecule has 2 aromatic carbocycles. The molecular weight excluding hydrogens is 318 g/mol. The first-order valence-corrected chi connectivity index (χ1v) is 7.56. The molecule has 3 aromatic rings. The predicted octanol–water partition coefficient (Wildman–Crippen LogP) is 3.12. The number of carboxylic acid groups (broad SMARTS) is 1. The van der Waals surface area contributed by atoms with Gasteiger partial charge in [0.1, 0.15) is 5.69 Å². The van der Waals surface area contributed by atoms with Gasteiger partial charge in [-0.1, -0.05) is 48.5 Å². The molecule has 0 spiro atoms. The Morgan fingerprint density at radius 1 is 0.960 bits per heavy atom. The molecule has 0 aliphatic heterocycles. The quantitative estimate of drug-likeness (QED) is 0.703. The summed E-state index contributed by atoms with van der Waals surface area (Å²) >= 11 is 0. The number of para-hydroxylation sites is 1. The van der Waals surface area contributed by atoms with Crippen molar-refractivity contribution in [3.63, 3.8) is 0 Å². The smallest absolute Gasteiger partial charge is 0.328 e. The zero-order chi connectivity index (χ0) is 17.6. The lowest BCUT2D eigenvalue weighted by atomic mass is 10.1. The van der Waals surface area contributed by atoms with Gasteiger partial charge in [-0.15, -0.1) is 0 Å². The number of carbonyl (C=O) groups is 2. The average molecular weight is 333 g/mol. The van der Waals surface area contributed by atoms with Crippen molar-refractivity contribution in [3.8, 4) is 16.9 Å². The van der Waals surface area contributed by atoms with Gasteiger partial charge in [0.25, 0.3) is 0 Å². The third-order valence-corrected chi connectivity index (χ3v) is 3.42. The number of benzene rings is 2. The topological polar surface area (TPSA) is 84.2 Å². The Balaban J connectivity index is 1.99. The highest BCUT2D eigenvalue weighted by Gasteiger charge is 2.13. The molecule has 0 saturated carbocycles. The first-order valence-electron chi connectivity index (χ1n) is 7.56. The van der Waals surface area contributed by atoms with E-state index in [1.807, 2.05) is 60.7 Å². The van der Waals surface area contributed by atoms with Crippen LogP contribution >= 0.6 is 0 Å². The minimum Gasteiger partial charge on any atom is -0.478 e. The van der Waals surface area contributed by atoms with Gasteiger partial charge < -0.3 is 10.4 Å². The SMILES string of the molecule is O=C(O)C=CC(=O)Nc1cn(-c2ccccc2)nc1-c1ccccc1. The minimum atomic E-state index is -1.18. The van der Waals surface area contributed by atoms with E-state index in [9.17, 15) is 9.59 Å². The van der Waals surface area contributed by atoms with Crippen LogP contribution < -0.4 is 5.32 Å². The van der Waals surface area contributed by atoms with Crippen LogP contribution in [0.2, 0.25) is 0 Å². The summed E-state index contributed by atoms with van der Waals surface area (Å²) in [4.78, 5) is 22.5. The molecule has 124 valence electrons. The summed E-state index contributed by atoms with van der Waals surface area (Å²) in [6.07, 6.45) is 3.46. The van der Waals surface area contributed by atoms with Crippen LogP contribution in [-0.2, 0) is 9.59 Å². The number of nitrogens with zero attached hydrogens (tertiary/aromatic N) is 2. The molecule has 2 N–H and O–H groups in total. The van der Waals surface area contributed by atoms with Crippen molar-refractivity contribution in [3.05, 3.63) is 79.0 Å². The Labute approximate surface area is 144 Å². The molecule has 0 atom stereocenters. The summed E-state index contributed by atoms with van der Waals surface area (Å²) in [6.45, 7) is 0. The maximum absolute atomic E-state index is 11.9. The van der Waals surface area contributed by atoms with Crippen LogP contribution in [0.3, 0.4) is 0 Å². The lowest BCUT2D eigenvalue weighted by Gasteiger charge is -2.02. The molecule has 3 rings (SSSR count). The van der Waals surface area contributed by atoms with Crippen molar-refractivity contribution >= 4 is 17.6 Å². The Bertz CT molecular complexity index is 916. The van der Waals surface area contributed by atoms with Gasteiger partial charge in [0.15, 0.2) is 0 Å². The molecule has 1 aromatic heterocycles.